The van der Waals surface area contributed by atoms with E-state index in [9.17, 15) is 0 Å². The van der Waals surface area contributed by atoms with E-state index in [0.29, 0.717) is 23.1 Å². The average molecular weight is 810 g/mol. The Labute approximate surface area is 352 Å². The predicted octanol–water partition coefficient (Wildman–Crippen LogP) is 13.5. The van der Waals surface area contributed by atoms with Gasteiger partial charge in [-0.05, 0) is 75.2 Å². The molecule has 4 heterocycles. The summed E-state index contributed by atoms with van der Waals surface area (Å²) < 4.78 is 4.93. The average Bonchev–Trinajstić information content (AvgIpc) is 3.74. The fourth-order valence-electron chi connectivity index (χ4n) is 8.70. The molecule has 0 saturated heterocycles. The van der Waals surface area contributed by atoms with Crippen molar-refractivity contribution in [3.63, 3.8) is 0 Å². The minimum absolute atomic E-state index is 0.665. The number of halogens is 2. The van der Waals surface area contributed by atoms with Crippen molar-refractivity contribution in [1.82, 2.24) is 24.0 Å². The number of unbranched alkanes of at least 4 members (excludes halogenated alkanes) is 5. The Morgan fingerprint density at radius 3 is 1.45 bits per heavy atom. The van der Waals surface area contributed by atoms with Gasteiger partial charge in [0.25, 0.3) is 0 Å². The van der Waals surface area contributed by atoms with Crippen LogP contribution in [-0.2, 0) is 26.2 Å². The molecule has 8 heteroatoms. The van der Waals surface area contributed by atoms with Crippen LogP contribution in [0.2, 0.25) is 10.0 Å². The molecule has 4 aromatic carbocycles. The van der Waals surface area contributed by atoms with Gasteiger partial charge in [-0.1, -0.05) is 136 Å². The maximum Gasteiger partial charge on any atom is 0.0964 e. The van der Waals surface area contributed by atoms with Crippen LogP contribution in [0, 0.1) is 0 Å². The number of hydrogen-bond acceptors (Lipinski definition) is 4. The lowest BCUT2D eigenvalue weighted by Gasteiger charge is -2.23. The molecule has 4 aromatic heterocycles. The molecule has 0 atom stereocenters. The first-order valence-electron chi connectivity index (χ1n) is 21.2. The molecule has 0 spiro atoms. The van der Waals surface area contributed by atoms with E-state index in [4.69, 9.17) is 38.9 Å². The van der Waals surface area contributed by atoms with Gasteiger partial charge in [-0.15, -0.1) is 0 Å². The van der Waals surface area contributed by atoms with Gasteiger partial charge in [0.05, 0.1) is 43.9 Å². The van der Waals surface area contributed by atoms with E-state index in [1.807, 2.05) is 24.3 Å². The Balaban J connectivity index is 1.27. The van der Waals surface area contributed by atoms with E-state index in [0.717, 1.165) is 122 Å². The summed E-state index contributed by atoms with van der Waals surface area (Å²) in [5.41, 5.74) is 16.5. The predicted molar refractivity (Wildman–Crippen MR) is 247 cm³/mol. The number of nitrogens with two attached hydrogens (primary N) is 1. The number of benzene rings is 4. The molecule has 0 aliphatic rings. The van der Waals surface area contributed by atoms with Crippen LogP contribution in [-0.4, -0.2) is 37.1 Å². The van der Waals surface area contributed by atoms with Crippen LogP contribution in [0.3, 0.4) is 0 Å². The molecule has 2 N–H and O–H groups in total. The standard InChI is InChI=1S/C50H54Cl2N6/c1-3-5-29-57-45-25-15-11-19-37(45)41-31-35(54-47(49(41)57)39-21-9-13-23-43(39)51)33-56(28-18-8-7-17-27-53)34-36-32-42-38-20-12-16-26-46(38)58(30-6-4-2)50(42)48(55-36)40-22-10-14-24-44(40)52/h9-16,19-26,31-32H,3-8,17-18,27-30,33-34,53H2,1-2H3. The zero-order valence-electron chi connectivity index (χ0n) is 33.9. The molecule has 6 nitrogen and oxygen atoms in total. The van der Waals surface area contributed by atoms with E-state index in [1.165, 1.54) is 32.6 Å². The number of aryl methyl sites for hydroxylation is 2. The molecule has 0 fully saturated rings. The van der Waals surface area contributed by atoms with Crippen LogP contribution < -0.4 is 5.73 Å². The monoisotopic (exact) mass is 808 g/mol. The first-order chi connectivity index (χ1) is 28.5. The largest absolute Gasteiger partial charge is 0.339 e. The van der Waals surface area contributed by atoms with Gasteiger partial charge in [-0.3, -0.25) is 4.90 Å². The van der Waals surface area contributed by atoms with Crippen LogP contribution in [0.5, 0.6) is 0 Å². The molecule has 0 aliphatic carbocycles. The van der Waals surface area contributed by atoms with Gasteiger partial charge < -0.3 is 14.9 Å². The van der Waals surface area contributed by atoms with Crippen LogP contribution in [0.1, 0.15) is 76.6 Å². The highest BCUT2D eigenvalue weighted by atomic mass is 35.5. The number of nitrogens with zero attached hydrogens (tertiary/aromatic N) is 5. The summed E-state index contributed by atoms with van der Waals surface area (Å²) >= 11 is 14.0. The molecule has 0 amide bonds. The highest BCUT2D eigenvalue weighted by Crippen LogP contribution is 2.40. The van der Waals surface area contributed by atoms with Gasteiger partial charge in [0.1, 0.15) is 0 Å². The number of rotatable bonds is 18. The molecule has 298 valence electrons. The third kappa shape index (κ3) is 8.13. The Bertz CT molecular complexity index is 2500. The van der Waals surface area contributed by atoms with Crippen molar-refractivity contribution in [2.24, 2.45) is 5.73 Å². The SMILES string of the molecule is CCCCn1c2ccccc2c2cc(CN(CCCCCCN)Cc3cc4c5ccccc5n(CCCC)c4c(-c4ccccc4Cl)n3)nc(-c3ccccc3Cl)c21. The van der Waals surface area contributed by atoms with Gasteiger partial charge in [-0.25, -0.2) is 9.97 Å². The maximum absolute atomic E-state index is 7.00. The van der Waals surface area contributed by atoms with Gasteiger partial charge in [0.2, 0.25) is 0 Å². The summed E-state index contributed by atoms with van der Waals surface area (Å²) in [6, 6.07) is 38.5. The Kier molecular flexibility index (Phi) is 12.8. The van der Waals surface area contributed by atoms with Crippen molar-refractivity contribution in [3.05, 3.63) is 131 Å². The summed E-state index contributed by atoms with van der Waals surface area (Å²) in [4.78, 5) is 13.6. The normalized spacial score (nSPS) is 12.0. The first-order valence-corrected chi connectivity index (χ1v) is 22.0. The number of pyridine rings is 2. The zero-order chi connectivity index (χ0) is 40.0. The third-order valence-electron chi connectivity index (χ3n) is 11.5. The minimum Gasteiger partial charge on any atom is -0.339 e. The van der Waals surface area contributed by atoms with Crippen LogP contribution in [0.25, 0.3) is 66.1 Å². The van der Waals surface area contributed by atoms with Gasteiger partial charge >= 0.3 is 0 Å². The minimum atomic E-state index is 0.665. The Hall–Kier alpha value is -4.72. The van der Waals surface area contributed by atoms with E-state index < -0.39 is 0 Å². The van der Waals surface area contributed by atoms with Crippen molar-refractivity contribution in [2.75, 3.05) is 13.1 Å². The summed E-state index contributed by atoms with van der Waals surface area (Å²) in [5.74, 6) is 0. The smallest absolute Gasteiger partial charge is 0.0964 e. The molecule has 8 rings (SSSR count). The van der Waals surface area contributed by atoms with Gasteiger partial charge in [-0.2, -0.15) is 0 Å². The summed E-state index contributed by atoms with van der Waals surface area (Å²) in [7, 11) is 0. The summed E-state index contributed by atoms with van der Waals surface area (Å²) in [6.07, 6.45) is 8.74. The van der Waals surface area contributed by atoms with Crippen LogP contribution in [0.15, 0.2) is 109 Å². The van der Waals surface area contributed by atoms with Crippen molar-refractivity contribution in [3.8, 4) is 22.5 Å². The van der Waals surface area contributed by atoms with Crippen molar-refractivity contribution < 1.29 is 0 Å². The molecular formula is C50H54Cl2N6. The molecule has 0 aliphatic heterocycles. The molecule has 0 bridgehead atoms. The first kappa shape index (κ1) is 40.1. The molecular weight excluding hydrogens is 755 g/mol. The molecule has 0 radical (unpaired) electrons. The van der Waals surface area contributed by atoms with Crippen molar-refractivity contribution >= 4 is 66.8 Å². The zero-order valence-corrected chi connectivity index (χ0v) is 35.4. The van der Waals surface area contributed by atoms with Crippen LogP contribution in [0.4, 0.5) is 0 Å². The topological polar surface area (TPSA) is 64.9 Å². The van der Waals surface area contributed by atoms with Gasteiger partial charge in [0.15, 0.2) is 0 Å². The number of para-hydroxylation sites is 2. The summed E-state index contributed by atoms with van der Waals surface area (Å²) in [6.45, 7) is 9.30. The number of aromatic nitrogens is 4. The second kappa shape index (κ2) is 18.5. The molecule has 8 aromatic rings. The highest BCUT2D eigenvalue weighted by molar-refractivity contribution is 6.34. The Morgan fingerprint density at radius 1 is 0.534 bits per heavy atom. The summed E-state index contributed by atoms with van der Waals surface area (Å²) in [5, 5.41) is 6.34. The Morgan fingerprint density at radius 2 is 0.983 bits per heavy atom. The third-order valence-corrected chi connectivity index (χ3v) is 12.2. The fraction of sp³-hybridized carbons (Fsp3) is 0.320. The lowest BCUT2D eigenvalue weighted by Crippen LogP contribution is -2.25. The maximum atomic E-state index is 7.00. The molecule has 58 heavy (non-hydrogen) atoms. The second-order valence-electron chi connectivity index (χ2n) is 15.6. The van der Waals surface area contributed by atoms with Crippen LogP contribution >= 0.6 is 23.2 Å². The highest BCUT2D eigenvalue weighted by Gasteiger charge is 2.23. The van der Waals surface area contributed by atoms with E-state index in [-0.39, 0.29) is 0 Å². The lowest BCUT2D eigenvalue weighted by atomic mass is 10.1. The molecule has 0 saturated carbocycles. The van der Waals surface area contributed by atoms with E-state index >= 15 is 0 Å². The lowest BCUT2D eigenvalue weighted by molar-refractivity contribution is 0.245. The number of hydrogen-bond donors (Lipinski definition) is 1. The molecule has 0 unspecified atom stereocenters. The fourth-order valence-corrected chi connectivity index (χ4v) is 9.15. The van der Waals surface area contributed by atoms with Crippen molar-refractivity contribution in [1.29, 1.82) is 0 Å². The van der Waals surface area contributed by atoms with E-state index in [1.54, 1.807) is 0 Å². The second-order valence-corrected chi connectivity index (χ2v) is 16.4. The van der Waals surface area contributed by atoms with Gasteiger partial charge in [0, 0.05) is 69.9 Å². The number of fused-ring (bicyclic) bond motifs is 6. The van der Waals surface area contributed by atoms with Crippen molar-refractivity contribution in [2.45, 2.75) is 91.4 Å². The van der Waals surface area contributed by atoms with E-state index in [2.05, 4.69) is 113 Å². The quantitative estimate of drug-likeness (QED) is 0.0877.